The lowest BCUT2D eigenvalue weighted by Gasteiger charge is -2.31. The average Bonchev–Trinajstić information content (AvgIpc) is 3.43. The van der Waals surface area contributed by atoms with E-state index in [1.807, 2.05) is 61.5 Å². The molecule has 3 atom stereocenters. The SMILES string of the molecule is Cc1[nH]c2ccccc2c1C[C@H]1C(=O)NCc2ccccc2Sc2ccccc2CN[C@@H](CCCN)C(=O)C[C@@H](CCCCN)C(=O)N1C. The molecule has 7 N–H and O–H groups in total. The highest BCUT2D eigenvalue weighted by molar-refractivity contribution is 7.99. The first-order chi connectivity index (χ1) is 23.8. The average molecular weight is 683 g/mol. The molecule has 0 radical (unpaired) electrons. The normalized spacial score (nSPS) is 19.7. The zero-order chi connectivity index (χ0) is 34.8. The van der Waals surface area contributed by atoms with Crippen molar-refractivity contribution in [2.45, 2.75) is 86.8 Å². The standard InChI is InChI=1S/C39H50N6O3S/c1-26-31(30-15-5-6-16-32(30)44-26)23-34-38(47)43-25-29-14-4-8-19-37(29)49-36-18-7-3-13-28(36)24-42-33(17-11-21-41)35(46)22-27(12-9-10-20-40)39(48)45(34)2/h3-8,13-16,18-19,27,33-34,42,44H,9-12,17,20-25,40-41H2,1-2H3,(H,43,47)/t27-,33+,34+/m1/s1. The summed E-state index contributed by atoms with van der Waals surface area (Å²) in [6.07, 6.45) is 3.67. The third-order valence-electron chi connectivity index (χ3n) is 9.59. The number of ketones is 1. The quantitative estimate of drug-likeness (QED) is 0.152. The number of Topliss-reactive ketones (excluding diaryl/α,β-unsaturated/α-hetero) is 1. The van der Waals surface area contributed by atoms with Crippen LogP contribution in [0.1, 0.15) is 60.9 Å². The first kappa shape index (κ1) is 36.3. The van der Waals surface area contributed by atoms with Gasteiger partial charge < -0.3 is 32.0 Å². The molecule has 3 aromatic carbocycles. The van der Waals surface area contributed by atoms with Crippen LogP contribution in [0.4, 0.5) is 0 Å². The number of H-pyrrole nitrogens is 1. The highest BCUT2D eigenvalue weighted by atomic mass is 32.2. The molecule has 4 aromatic rings. The van der Waals surface area contributed by atoms with Gasteiger partial charge in [0, 0.05) is 65.3 Å². The minimum atomic E-state index is -0.792. The van der Waals surface area contributed by atoms with E-state index in [9.17, 15) is 14.4 Å². The van der Waals surface area contributed by atoms with E-state index in [0.29, 0.717) is 58.3 Å². The van der Waals surface area contributed by atoms with E-state index in [0.717, 1.165) is 49.5 Å². The maximum Gasteiger partial charge on any atom is 0.243 e. The molecular weight excluding hydrogens is 633 g/mol. The maximum absolute atomic E-state index is 14.5. The van der Waals surface area contributed by atoms with Gasteiger partial charge in [-0.2, -0.15) is 0 Å². The monoisotopic (exact) mass is 682 g/mol. The second-order valence-corrected chi connectivity index (χ2v) is 14.1. The van der Waals surface area contributed by atoms with Crippen LogP contribution in [0.5, 0.6) is 0 Å². The van der Waals surface area contributed by atoms with Gasteiger partial charge in [0.15, 0.2) is 5.78 Å². The van der Waals surface area contributed by atoms with Gasteiger partial charge in [-0.25, -0.2) is 0 Å². The Morgan fingerprint density at radius 1 is 0.816 bits per heavy atom. The minimum Gasteiger partial charge on any atom is -0.358 e. The molecule has 0 fully saturated rings. The Labute approximate surface area is 294 Å². The molecule has 0 aliphatic carbocycles. The second-order valence-electron chi connectivity index (χ2n) is 13.0. The van der Waals surface area contributed by atoms with Crippen molar-refractivity contribution < 1.29 is 14.4 Å². The number of rotatable bonds is 9. The van der Waals surface area contributed by atoms with Crippen molar-refractivity contribution in [1.29, 1.82) is 0 Å². The highest BCUT2D eigenvalue weighted by Crippen LogP contribution is 2.33. The molecule has 0 spiro atoms. The van der Waals surface area contributed by atoms with E-state index in [2.05, 4.69) is 33.8 Å². The lowest BCUT2D eigenvalue weighted by atomic mass is 9.90. The number of hydrogen-bond donors (Lipinski definition) is 5. The molecular formula is C39H50N6O3S. The molecule has 0 saturated heterocycles. The third kappa shape index (κ3) is 9.19. The first-order valence-electron chi connectivity index (χ1n) is 17.4. The van der Waals surface area contributed by atoms with Gasteiger partial charge in [0.25, 0.3) is 0 Å². The molecule has 1 aromatic heterocycles. The number of nitrogens with one attached hydrogen (secondary N) is 3. The summed E-state index contributed by atoms with van der Waals surface area (Å²) in [6.45, 7) is 3.80. The highest BCUT2D eigenvalue weighted by Gasteiger charge is 2.34. The van der Waals surface area contributed by atoms with Crippen LogP contribution in [-0.2, 0) is 33.9 Å². The molecule has 10 heteroatoms. The van der Waals surface area contributed by atoms with Gasteiger partial charge in [-0.15, -0.1) is 0 Å². The largest absolute Gasteiger partial charge is 0.358 e. The van der Waals surface area contributed by atoms with Crippen LogP contribution < -0.4 is 22.1 Å². The fraction of sp³-hybridized carbons (Fsp3) is 0.410. The number of aromatic nitrogens is 1. The van der Waals surface area contributed by atoms with E-state index in [1.165, 1.54) is 0 Å². The van der Waals surface area contributed by atoms with Crippen LogP contribution in [0.25, 0.3) is 10.9 Å². The predicted molar refractivity (Wildman–Crippen MR) is 197 cm³/mol. The zero-order valence-corrected chi connectivity index (χ0v) is 29.5. The Morgan fingerprint density at radius 3 is 2.18 bits per heavy atom. The molecule has 5 rings (SSSR count). The molecule has 0 unspecified atom stereocenters. The smallest absolute Gasteiger partial charge is 0.243 e. The van der Waals surface area contributed by atoms with Crippen LogP contribution in [-0.4, -0.2) is 59.7 Å². The van der Waals surface area contributed by atoms with Crippen LogP contribution in [0.2, 0.25) is 0 Å². The van der Waals surface area contributed by atoms with Crippen LogP contribution in [0, 0.1) is 12.8 Å². The summed E-state index contributed by atoms with van der Waals surface area (Å²) in [5.74, 6) is -1.03. The number of carbonyl (C=O) groups is 3. The summed E-state index contributed by atoms with van der Waals surface area (Å²) in [6, 6.07) is 23.0. The fourth-order valence-electron chi connectivity index (χ4n) is 6.72. The van der Waals surface area contributed by atoms with Crippen LogP contribution >= 0.6 is 11.8 Å². The van der Waals surface area contributed by atoms with Crippen molar-refractivity contribution in [1.82, 2.24) is 20.5 Å². The van der Waals surface area contributed by atoms with Gasteiger partial charge in [0.05, 0.1) is 6.04 Å². The number of nitrogens with two attached hydrogens (primary N) is 2. The number of amides is 2. The van der Waals surface area contributed by atoms with Gasteiger partial charge in [-0.05, 0) is 80.6 Å². The predicted octanol–water partition coefficient (Wildman–Crippen LogP) is 5.23. The maximum atomic E-state index is 14.5. The van der Waals surface area contributed by atoms with Crippen LogP contribution in [0.15, 0.2) is 82.6 Å². The van der Waals surface area contributed by atoms with Gasteiger partial charge in [0.2, 0.25) is 11.8 Å². The van der Waals surface area contributed by atoms with E-state index in [4.69, 9.17) is 11.5 Å². The summed E-state index contributed by atoms with van der Waals surface area (Å²) in [5, 5.41) is 7.74. The first-order valence-corrected chi connectivity index (χ1v) is 18.2. The fourth-order valence-corrected chi connectivity index (χ4v) is 7.79. The van der Waals surface area contributed by atoms with Crippen molar-refractivity contribution in [3.8, 4) is 0 Å². The molecule has 49 heavy (non-hydrogen) atoms. The summed E-state index contributed by atoms with van der Waals surface area (Å²) in [7, 11) is 1.70. The Bertz CT molecular complexity index is 1740. The van der Waals surface area contributed by atoms with Gasteiger partial charge >= 0.3 is 0 Å². The number of carbonyl (C=O) groups excluding carboxylic acids is 3. The lowest BCUT2D eigenvalue weighted by Crippen LogP contribution is -2.51. The zero-order valence-electron chi connectivity index (χ0n) is 28.7. The van der Waals surface area contributed by atoms with Crippen molar-refractivity contribution in [3.05, 3.63) is 95.2 Å². The molecule has 2 amide bonds. The summed E-state index contributed by atoms with van der Waals surface area (Å²) >= 11 is 1.65. The number of fused-ring (bicyclic) bond motifs is 3. The lowest BCUT2D eigenvalue weighted by molar-refractivity contribution is -0.143. The minimum absolute atomic E-state index is 0.0128. The number of benzene rings is 3. The number of aryl methyl sites for hydroxylation is 1. The number of aromatic amines is 1. The Kier molecular flexibility index (Phi) is 13.1. The Morgan fingerprint density at radius 2 is 1.47 bits per heavy atom. The van der Waals surface area contributed by atoms with Gasteiger partial charge in [-0.3, -0.25) is 14.4 Å². The van der Waals surface area contributed by atoms with Crippen molar-refractivity contribution in [2.24, 2.45) is 17.4 Å². The molecule has 260 valence electrons. The van der Waals surface area contributed by atoms with E-state index in [-0.39, 0.29) is 24.0 Å². The molecule has 9 nitrogen and oxygen atoms in total. The number of nitrogens with zero attached hydrogens (tertiary/aromatic N) is 1. The molecule has 0 bridgehead atoms. The summed E-state index contributed by atoms with van der Waals surface area (Å²) in [4.78, 5) is 49.9. The molecule has 1 aliphatic heterocycles. The van der Waals surface area contributed by atoms with E-state index in [1.54, 1.807) is 23.7 Å². The Balaban J connectivity index is 1.55. The van der Waals surface area contributed by atoms with Crippen LogP contribution in [0.3, 0.4) is 0 Å². The van der Waals surface area contributed by atoms with Gasteiger partial charge in [-0.1, -0.05) is 72.8 Å². The van der Waals surface area contributed by atoms with E-state index < -0.39 is 18.0 Å². The van der Waals surface area contributed by atoms with Gasteiger partial charge in [0.1, 0.15) is 6.04 Å². The number of unbranched alkanes of at least 4 members (excludes halogenated alkanes) is 1. The van der Waals surface area contributed by atoms with Crippen molar-refractivity contribution >= 4 is 40.3 Å². The summed E-state index contributed by atoms with van der Waals surface area (Å²) in [5.41, 5.74) is 16.7. The molecule has 1 aliphatic rings. The van der Waals surface area contributed by atoms with Crippen molar-refractivity contribution in [2.75, 3.05) is 20.1 Å². The molecule has 2 heterocycles. The Hall–Kier alpha value is -3.96. The van der Waals surface area contributed by atoms with Crippen molar-refractivity contribution in [3.63, 3.8) is 0 Å². The van der Waals surface area contributed by atoms with E-state index >= 15 is 0 Å². The third-order valence-corrected chi connectivity index (χ3v) is 10.8. The number of likely N-dealkylation sites (N-methyl/N-ethyl adjacent to an activating group) is 1. The topological polar surface area (TPSA) is 146 Å². The summed E-state index contributed by atoms with van der Waals surface area (Å²) < 4.78 is 0. The second kappa shape index (κ2) is 17.6. The molecule has 0 saturated carbocycles. The number of hydrogen-bond acceptors (Lipinski definition) is 7. The number of para-hydroxylation sites is 1.